The van der Waals surface area contributed by atoms with Crippen molar-refractivity contribution in [3.05, 3.63) is 59.9 Å². The molecular formula is C20H21NO5. The number of hydrogen-bond acceptors (Lipinski definition) is 5. The Morgan fingerprint density at radius 1 is 1.19 bits per heavy atom. The first-order chi connectivity index (χ1) is 12.5. The third kappa shape index (κ3) is 4.34. The molecule has 0 fully saturated rings. The van der Waals surface area contributed by atoms with Crippen LogP contribution in [0.1, 0.15) is 23.0 Å². The third-order valence-electron chi connectivity index (χ3n) is 3.90. The van der Waals surface area contributed by atoms with Gasteiger partial charge in [0.15, 0.2) is 5.76 Å². The van der Waals surface area contributed by atoms with Gasteiger partial charge in [0.2, 0.25) is 0 Å². The van der Waals surface area contributed by atoms with E-state index in [0.29, 0.717) is 24.5 Å². The summed E-state index contributed by atoms with van der Waals surface area (Å²) in [5, 5.41) is 12.9. The number of furan rings is 1. The fraction of sp³-hybridized carbons (Fsp3) is 0.250. The highest BCUT2D eigenvalue weighted by Crippen LogP contribution is 2.24. The number of nitrogens with one attached hydrogen (secondary N) is 1. The van der Waals surface area contributed by atoms with E-state index in [1.807, 2.05) is 13.0 Å². The molecule has 26 heavy (non-hydrogen) atoms. The van der Waals surface area contributed by atoms with Crippen LogP contribution in [0.4, 0.5) is 0 Å². The van der Waals surface area contributed by atoms with E-state index in [0.717, 1.165) is 10.9 Å². The van der Waals surface area contributed by atoms with Gasteiger partial charge in [0, 0.05) is 11.4 Å². The van der Waals surface area contributed by atoms with Gasteiger partial charge in [-0.1, -0.05) is 12.1 Å². The van der Waals surface area contributed by atoms with Crippen LogP contribution in [0.3, 0.4) is 0 Å². The SMILES string of the molecule is COc1ccc2oc(C(=O)N[C@H](C)COCc3ccc(O)cc3)cc2c1. The summed E-state index contributed by atoms with van der Waals surface area (Å²) in [5.41, 5.74) is 1.58. The second kappa shape index (κ2) is 7.93. The quantitative estimate of drug-likeness (QED) is 0.678. The van der Waals surface area contributed by atoms with Crippen LogP contribution in [-0.4, -0.2) is 30.8 Å². The number of fused-ring (bicyclic) bond motifs is 1. The van der Waals surface area contributed by atoms with Crippen molar-refractivity contribution in [2.75, 3.05) is 13.7 Å². The van der Waals surface area contributed by atoms with Gasteiger partial charge >= 0.3 is 0 Å². The second-order valence-corrected chi connectivity index (χ2v) is 6.07. The number of rotatable bonds is 7. The van der Waals surface area contributed by atoms with Crippen molar-refractivity contribution in [3.63, 3.8) is 0 Å². The summed E-state index contributed by atoms with van der Waals surface area (Å²) >= 11 is 0. The van der Waals surface area contributed by atoms with Gasteiger partial charge in [-0.3, -0.25) is 4.79 Å². The molecule has 6 nitrogen and oxygen atoms in total. The van der Waals surface area contributed by atoms with Crippen LogP contribution in [-0.2, 0) is 11.3 Å². The molecule has 1 atom stereocenters. The molecule has 0 bridgehead atoms. The minimum absolute atomic E-state index is 0.178. The Morgan fingerprint density at radius 3 is 2.69 bits per heavy atom. The maximum atomic E-state index is 12.3. The lowest BCUT2D eigenvalue weighted by Gasteiger charge is -2.13. The molecule has 6 heteroatoms. The monoisotopic (exact) mass is 355 g/mol. The number of ether oxygens (including phenoxy) is 2. The Kier molecular flexibility index (Phi) is 5.43. The predicted octanol–water partition coefficient (Wildman–Crippen LogP) is 3.48. The van der Waals surface area contributed by atoms with Crippen molar-refractivity contribution in [3.8, 4) is 11.5 Å². The number of carbonyl (C=O) groups excluding carboxylic acids is 1. The molecule has 0 saturated heterocycles. The van der Waals surface area contributed by atoms with Crippen LogP contribution < -0.4 is 10.1 Å². The van der Waals surface area contributed by atoms with Crippen molar-refractivity contribution in [2.45, 2.75) is 19.6 Å². The van der Waals surface area contributed by atoms with Gasteiger partial charge in [-0.15, -0.1) is 0 Å². The van der Waals surface area contributed by atoms with E-state index in [1.165, 1.54) is 0 Å². The summed E-state index contributed by atoms with van der Waals surface area (Å²) in [6.07, 6.45) is 0. The van der Waals surface area contributed by atoms with E-state index in [9.17, 15) is 9.90 Å². The molecule has 2 N–H and O–H groups in total. The van der Waals surface area contributed by atoms with Crippen LogP contribution >= 0.6 is 0 Å². The lowest BCUT2D eigenvalue weighted by atomic mass is 10.2. The van der Waals surface area contributed by atoms with Crippen LogP contribution in [0, 0.1) is 0 Å². The first kappa shape index (κ1) is 17.8. The summed E-state index contributed by atoms with van der Waals surface area (Å²) < 4.78 is 16.4. The number of methoxy groups -OCH3 is 1. The number of carbonyl (C=O) groups is 1. The van der Waals surface area contributed by atoms with Crippen molar-refractivity contribution >= 4 is 16.9 Å². The first-order valence-electron chi connectivity index (χ1n) is 8.29. The molecule has 2 aromatic carbocycles. The molecule has 0 aliphatic carbocycles. The van der Waals surface area contributed by atoms with E-state index >= 15 is 0 Å². The smallest absolute Gasteiger partial charge is 0.287 e. The molecule has 0 spiro atoms. The van der Waals surface area contributed by atoms with Gasteiger partial charge in [0.1, 0.15) is 17.1 Å². The highest BCUT2D eigenvalue weighted by atomic mass is 16.5. The van der Waals surface area contributed by atoms with Crippen molar-refractivity contribution in [2.24, 2.45) is 0 Å². The maximum Gasteiger partial charge on any atom is 0.287 e. The molecule has 1 heterocycles. The topological polar surface area (TPSA) is 80.9 Å². The lowest BCUT2D eigenvalue weighted by Crippen LogP contribution is -2.35. The zero-order valence-electron chi connectivity index (χ0n) is 14.7. The van der Waals surface area contributed by atoms with Gasteiger partial charge in [-0.2, -0.15) is 0 Å². The largest absolute Gasteiger partial charge is 0.508 e. The summed E-state index contributed by atoms with van der Waals surface area (Å²) in [6.45, 7) is 2.63. The third-order valence-corrected chi connectivity index (χ3v) is 3.90. The van der Waals surface area contributed by atoms with E-state index in [-0.39, 0.29) is 23.5 Å². The van der Waals surface area contributed by atoms with E-state index < -0.39 is 0 Å². The van der Waals surface area contributed by atoms with Crippen molar-refractivity contribution < 1.29 is 23.8 Å². The minimum atomic E-state index is -0.291. The molecule has 0 aliphatic rings. The molecule has 3 rings (SSSR count). The van der Waals surface area contributed by atoms with E-state index in [2.05, 4.69) is 5.32 Å². The Bertz CT molecular complexity index is 885. The summed E-state index contributed by atoms with van der Waals surface area (Å²) in [7, 11) is 1.59. The zero-order valence-corrected chi connectivity index (χ0v) is 14.7. The average Bonchev–Trinajstić information content (AvgIpc) is 3.06. The summed E-state index contributed by atoms with van der Waals surface area (Å²) in [5.74, 6) is 0.888. The van der Waals surface area contributed by atoms with Crippen molar-refractivity contribution in [1.82, 2.24) is 5.32 Å². The van der Waals surface area contributed by atoms with Gasteiger partial charge in [0.25, 0.3) is 5.91 Å². The molecule has 0 unspecified atom stereocenters. The average molecular weight is 355 g/mol. The van der Waals surface area contributed by atoms with E-state index in [4.69, 9.17) is 13.9 Å². The Hall–Kier alpha value is -2.99. The van der Waals surface area contributed by atoms with Gasteiger partial charge in [0.05, 0.1) is 20.3 Å². The fourth-order valence-corrected chi connectivity index (χ4v) is 2.54. The number of amides is 1. The van der Waals surface area contributed by atoms with Crippen LogP contribution in [0.2, 0.25) is 0 Å². The number of phenols is 1. The normalized spacial score (nSPS) is 12.1. The standard InChI is InChI=1S/C20H21NO5/c1-13(11-25-12-14-3-5-16(22)6-4-14)21-20(23)19-10-15-9-17(24-2)7-8-18(15)26-19/h3-10,13,22H,11-12H2,1-2H3,(H,21,23)/t13-/m1/s1. The lowest BCUT2D eigenvalue weighted by molar-refractivity contribution is 0.0800. The first-order valence-corrected chi connectivity index (χ1v) is 8.29. The number of hydrogen-bond donors (Lipinski definition) is 2. The zero-order chi connectivity index (χ0) is 18.5. The van der Waals surface area contributed by atoms with Gasteiger partial charge in [-0.05, 0) is 48.9 Å². The summed E-state index contributed by atoms with van der Waals surface area (Å²) in [4.78, 5) is 12.3. The summed E-state index contributed by atoms with van der Waals surface area (Å²) in [6, 6.07) is 13.7. The van der Waals surface area contributed by atoms with Gasteiger partial charge in [-0.25, -0.2) is 0 Å². The van der Waals surface area contributed by atoms with Gasteiger partial charge < -0.3 is 24.3 Å². The number of aromatic hydroxyl groups is 1. The molecule has 1 amide bonds. The molecule has 0 saturated carbocycles. The molecule has 3 aromatic rings. The number of benzene rings is 2. The molecule has 0 aliphatic heterocycles. The van der Waals surface area contributed by atoms with Crippen LogP contribution in [0.25, 0.3) is 11.0 Å². The van der Waals surface area contributed by atoms with Crippen LogP contribution in [0.5, 0.6) is 11.5 Å². The molecular weight excluding hydrogens is 334 g/mol. The Labute approximate surface area is 151 Å². The highest BCUT2D eigenvalue weighted by Gasteiger charge is 2.15. The predicted molar refractivity (Wildman–Crippen MR) is 97.5 cm³/mol. The fourth-order valence-electron chi connectivity index (χ4n) is 2.54. The Balaban J connectivity index is 1.52. The minimum Gasteiger partial charge on any atom is -0.508 e. The van der Waals surface area contributed by atoms with Crippen LogP contribution in [0.15, 0.2) is 52.9 Å². The van der Waals surface area contributed by atoms with E-state index in [1.54, 1.807) is 49.6 Å². The molecule has 1 aromatic heterocycles. The molecule has 136 valence electrons. The molecule has 0 radical (unpaired) electrons. The van der Waals surface area contributed by atoms with Crippen molar-refractivity contribution in [1.29, 1.82) is 0 Å². The maximum absolute atomic E-state index is 12.3. The highest BCUT2D eigenvalue weighted by molar-refractivity contribution is 5.96. The second-order valence-electron chi connectivity index (χ2n) is 6.07. The number of phenolic OH excluding ortho intramolecular Hbond substituents is 1. The Morgan fingerprint density at radius 2 is 1.96 bits per heavy atom.